The molecule has 3 aromatic rings. The van der Waals surface area contributed by atoms with E-state index in [1.807, 2.05) is 73.7 Å². The van der Waals surface area contributed by atoms with Gasteiger partial charge in [-0.05, 0) is 130 Å². The van der Waals surface area contributed by atoms with Crippen molar-refractivity contribution in [1.82, 2.24) is 4.90 Å². The van der Waals surface area contributed by atoms with Crippen molar-refractivity contribution in [2.75, 3.05) is 13.7 Å². The Morgan fingerprint density at radius 3 is 2.31 bits per heavy atom. The van der Waals surface area contributed by atoms with Crippen LogP contribution in [-0.4, -0.2) is 29.6 Å². The highest BCUT2D eigenvalue weighted by molar-refractivity contribution is 14.1. The number of amides is 1. The maximum Gasteiger partial charge on any atom is 0.266 e. The topological polar surface area (TPSA) is 51.1 Å². The molecule has 1 fully saturated rings. The van der Waals surface area contributed by atoms with Crippen molar-refractivity contribution in [3.05, 3.63) is 88.9 Å². The molecule has 0 aliphatic carbocycles. The Bertz CT molecular complexity index is 1270. The summed E-state index contributed by atoms with van der Waals surface area (Å²) in [4.78, 5) is 20.1. The molecule has 0 atom stereocenters. The number of likely N-dealkylation sites (N-methyl/N-ethyl adjacent to an activating group) is 1. The van der Waals surface area contributed by atoms with Crippen LogP contribution >= 0.6 is 68.5 Å². The third kappa shape index (κ3) is 6.52. The second-order valence-electron chi connectivity index (χ2n) is 7.48. The van der Waals surface area contributed by atoms with Crippen molar-refractivity contribution in [2.45, 2.75) is 13.5 Å². The van der Waals surface area contributed by atoms with Crippen LogP contribution in [-0.2, 0) is 11.4 Å². The summed E-state index contributed by atoms with van der Waals surface area (Å²) in [6.45, 7) is 2.95. The third-order valence-corrected chi connectivity index (χ3v) is 7.98. The highest BCUT2D eigenvalue weighted by Crippen LogP contribution is 2.36. The highest BCUT2D eigenvalue weighted by atomic mass is 127. The van der Waals surface area contributed by atoms with Crippen molar-refractivity contribution >= 4 is 91.4 Å². The van der Waals surface area contributed by atoms with E-state index in [1.165, 1.54) is 11.8 Å². The van der Waals surface area contributed by atoms with Crippen LogP contribution < -0.4 is 9.47 Å². The number of carbonyl (C=O) groups excluding carboxylic acids is 1. The minimum Gasteiger partial charge on any atom is -0.497 e. The predicted molar refractivity (Wildman–Crippen MR) is 161 cm³/mol. The Hall–Kier alpha value is -1.76. The number of amidine groups is 1. The number of nitrogens with zero attached hydrogens (tertiary/aromatic N) is 2. The molecule has 1 heterocycles. The van der Waals surface area contributed by atoms with Gasteiger partial charge >= 0.3 is 0 Å². The summed E-state index contributed by atoms with van der Waals surface area (Å²) in [5.41, 5.74) is 2.76. The highest BCUT2D eigenvalue weighted by Gasteiger charge is 2.32. The number of thioether (sulfide) groups is 1. The fourth-order valence-corrected chi connectivity index (χ4v) is 6.64. The molecule has 1 amide bonds. The van der Waals surface area contributed by atoms with Crippen molar-refractivity contribution in [3.63, 3.8) is 0 Å². The zero-order valence-corrected chi connectivity index (χ0v) is 24.8. The molecular weight excluding hydrogens is 710 g/mol. The first-order chi connectivity index (χ1) is 16.9. The molecule has 5 nitrogen and oxygen atoms in total. The van der Waals surface area contributed by atoms with E-state index in [4.69, 9.17) is 26.1 Å². The second kappa shape index (κ2) is 12.0. The van der Waals surface area contributed by atoms with Gasteiger partial charge in [-0.2, -0.15) is 0 Å². The average Bonchev–Trinajstić information content (AvgIpc) is 3.13. The normalized spacial score (nSPS) is 15.8. The van der Waals surface area contributed by atoms with Crippen LogP contribution in [0.1, 0.15) is 18.1 Å². The quantitative estimate of drug-likeness (QED) is 0.184. The molecule has 3 aromatic carbocycles. The minimum absolute atomic E-state index is 0.0437. The number of benzene rings is 3. The lowest BCUT2D eigenvalue weighted by atomic mass is 10.2. The van der Waals surface area contributed by atoms with Crippen molar-refractivity contribution in [1.29, 1.82) is 0 Å². The molecule has 0 N–H and O–H groups in total. The van der Waals surface area contributed by atoms with Crippen LogP contribution in [0.4, 0.5) is 5.69 Å². The average molecular weight is 731 g/mol. The molecule has 180 valence electrons. The molecule has 0 bridgehead atoms. The van der Waals surface area contributed by atoms with Crippen molar-refractivity contribution in [3.8, 4) is 11.5 Å². The molecule has 0 spiro atoms. The SMILES string of the molecule is CCN1C(=O)/C(=C\c2cc(I)c(OCc3ccc(Cl)cc3)c(I)c2)SC1=Nc1ccc(OC)cc1. The first-order valence-electron chi connectivity index (χ1n) is 10.7. The summed E-state index contributed by atoms with van der Waals surface area (Å²) in [5.74, 6) is 1.55. The molecule has 0 unspecified atom stereocenters. The zero-order valence-electron chi connectivity index (χ0n) is 18.9. The van der Waals surface area contributed by atoms with E-state index in [-0.39, 0.29) is 5.91 Å². The summed E-state index contributed by atoms with van der Waals surface area (Å²) < 4.78 is 13.3. The lowest BCUT2D eigenvalue weighted by molar-refractivity contribution is -0.122. The van der Waals surface area contributed by atoms with Crippen molar-refractivity contribution in [2.24, 2.45) is 4.99 Å². The fourth-order valence-electron chi connectivity index (χ4n) is 3.33. The van der Waals surface area contributed by atoms with Gasteiger partial charge in [0.25, 0.3) is 5.91 Å². The van der Waals surface area contributed by atoms with Crippen molar-refractivity contribution < 1.29 is 14.3 Å². The summed E-state index contributed by atoms with van der Waals surface area (Å²) >= 11 is 11.9. The number of aliphatic imine (C=N–C) groups is 1. The number of methoxy groups -OCH3 is 1. The smallest absolute Gasteiger partial charge is 0.266 e. The molecule has 0 radical (unpaired) electrons. The van der Waals surface area contributed by atoms with Gasteiger partial charge in [0.15, 0.2) is 5.17 Å². The van der Waals surface area contributed by atoms with Gasteiger partial charge < -0.3 is 9.47 Å². The molecule has 1 aliphatic rings. The molecule has 4 rings (SSSR count). The lowest BCUT2D eigenvalue weighted by Gasteiger charge is -2.12. The number of hydrogen-bond acceptors (Lipinski definition) is 5. The molecule has 0 saturated carbocycles. The maximum atomic E-state index is 13.1. The van der Waals surface area contributed by atoms with Crippen LogP contribution in [0.15, 0.2) is 70.6 Å². The Kier molecular flexibility index (Phi) is 9.01. The second-order valence-corrected chi connectivity index (χ2v) is 11.3. The molecule has 35 heavy (non-hydrogen) atoms. The van der Waals surface area contributed by atoms with Gasteiger partial charge in [-0.25, -0.2) is 4.99 Å². The van der Waals surface area contributed by atoms with E-state index in [0.717, 1.165) is 35.5 Å². The van der Waals surface area contributed by atoms with Gasteiger partial charge in [-0.3, -0.25) is 9.69 Å². The summed E-state index contributed by atoms with van der Waals surface area (Å²) in [6.07, 6.45) is 1.92. The predicted octanol–water partition coefficient (Wildman–Crippen LogP) is 7.76. The molecular formula is C26H21ClI2N2O3S. The van der Waals surface area contributed by atoms with E-state index >= 15 is 0 Å². The van der Waals surface area contributed by atoms with Gasteiger partial charge in [-0.1, -0.05) is 23.7 Å². The lowest BCUT2D eigenvalue weighted by Crippen LogP contribution is -2.28. The van der Waals surface area contributed by atoms with Crippen LogP contribution in [0, 0.1) is 7.14 Å². The van der Waals surface area contributed by atoms with Gasteiger partial charge in [0.2, 0.25) is 0 Å². The van der Waals surface area contributed by atoms with E-state index in [2.05, 4.69) is 45.2 Å². The largest absolute Gasteiger partial charge is 0.497 e. The van der Waals surface area contributed by atoms with Crippen LogP contribution in [0.25, 0.3) is 6.08 Å². The van der Waals surface area contributed by atoms with E-state index in [0.29, 0.717) is 28.2 Å². The maximum absolute atomic E-state index is 13.1. The van der Waals surface area contributed by atoms with Gasteiger partial charge in [-0.15, -0.1) is 0 Å². The first-order valence-corrected chi connectivity index (χ1v) is 14.0. The summed E-state index contributed by atoms with van der Waals surface area (Å²) in [7, 11) is 1.63. The van der Waals surface area contributed by atoms with E-state index in [9.17, 15) is 4.79 Å². The molecule has 1 aliphatic heterocycles. The zero-order chi connectivity index (χ0) is 24.9. The Morgan fingerprint density at radius 2 is 1.71 bits per heavy atom. The first kappa shape index (κ1) is 26.3. The minimum atomic E-state index is -0.0437. The number of rotatable bonds is 7. The van der Waals surface area contributed by atoms with Crippen LogP contribution in [0.5, 0.6) is 11.5 Å². The van der Waals surface area contributed by atoms with Gasteiger partial charge in [0.05, 0.1) is 24.8 Å². The number of hydrogen-bond donors (Lipinski definition) is 0. The summed E-state index contributed by atoms with van der Waals surface area (Å²) in [6, 6.07) is 19.1. The standard InChI is InChI=1S/C26H21ClI2N2O3S/c1-3-31-25(32)23(35-26(31)30-19-8-10-20(33-2)11-9-19)14-17-12-21(28)24(22(29)13-17)34-15-16-4-6-18(27)7-5-16/h4-14H,3,15H2,1-2H3/b23-14+,30-26?. The van der Waals surface area contributed by atoms with Gasteiger partial charge in [0, 0.05) is 11.6 Å². The third-order valence-electron chi connectivity index (χ3n) is 5.12. The van der Waals surface area contributed by atoms with E-state index < -0.39 is 0 Å². The fraction of sp³-hybridized carbons (Fsp3) is 0.154. The molecule has 1 saturated heterocycles. The Balaban J connectivity index is 1.54. The molecule has 9 heteroatoms. The number of halogens is 3. The Labute approximate surface area is 241 Å². The van der Waals surface area contributed by atoms with Crippen LogP contribution in [0.3, 0.4) is 0 Å². The van der Waals surface area contributed by atoms with Crippen LogP contribution in [0.2, 0.25) is 5.02 Å². The molecule has 0 aromatic heterocycles. The van der Waals surface area contributed by atoms with Gasteiger partial charge in [0.1, 0.15) is 18.1 Å². The number of carbonyl (C=O) groups is 1. The monoisotopic (exact) mass is 730 g/mol. The Morgan fingerprint density at radius 1 is 1.06 bits per heavy atom. The van der Waals surface area contributed by atoms with E-state index in [1.54, 1.807) is 12.0 Å². The number of ether oxygens (including phenoxy) is 2. The summed E-state index contributed by atoms with van der Waals surface area (Å²) in [5, 5.41) is 1.37.